The molecule has 0 saturated heterocycles. The van der Waals surface area contributed by atoms with Crippen molar-refractivity contribution >= 4 is 21.6 Å². The Morgan fingerprint density at radius 3 is 2.55 bits per heavy atom. The van der Waals surface area contributed by atoms with Crippen molar-refractivity contribution < 1.29 is 17.5 Å². The Morgan fingerprint density at radius 2 is 1.86 bits per heavy atom. The second-order valence-electron chi connectivity index (χ2n) is 4.59. The average molecular weight is 344 g/mol. The molecule has 2 aromatic carbocycles. The maximum absolute atomic E-state index is 12.7. The number of ether oxygens (including phenoxy) is 1. The van der Waals surface area contributed by atoms with Crippen LogP contribution in [0.3, 0.4) is 0 Å². The second kappa shape index (κ2) is 7.58. The number of hydrogen-bond donors (Lipinski definition) is 1. The molecule has 0 bridgehead atoms. The summed E-state index contributed by atoms with van der Waals surface area (Å²) in [6.07, 6.45) is 0. The van der Waals surface area contributed by atoms with E-state index in [1.165, 1.54) is 24.3 Å². The summed E-state index contributed by atoms with van der Waals surface area (Å²) in [5, 5.41) is 0.493. The third-order valence-corrected chi connectivity index (χ3v) is 4.34. The molecule has 22 heavy (non-hydrogen) atoms. The second-order valence-corrected chi connectivity index (χ2v) is 6.83. The lowest BCUT2D eigenvalue weighted by molar-refractivity contribution is 0.322. The third kappa shape index (κ3) is 5.63. The van der Waals surface area contributed by atoms with Crippen molar-refractivity contribution in [3.05, 3.63) is 64.9 Å². The van der Waals surface area contributed by atoms with E-state index in [2.05, 4.69) is 4.72 Å². The Kier molecular flexibility index (Phi) is 5.76. The number of halogens is 2. The Balaban J connectivity index is 1.79. The topological polar surface area (TPSA) is 55.4 Å². The van der Waals surface area contributed by atoms with Gasteiger partial charge in [-0.3, -0.25) is 0 Å². The smallest absolute Gasteiger partial charge is 0.215 e. The first-order valence-electron chi connectivity index (χ1n) is 6.55. The average Bonchev–Trinajstić information content (AvgIpc) is 2.45. The predicted octanol–water partition coefficient (Wildman–Crippen LogP) is 2.98. The number of rotatable bonds is 7. The van der Waals surface area contributed by atoms with E-state index in [0.29, 0.717) is 16.3 Å². The van der Waals surface area contributed by atoms with E-state index in [4.69, 9.17) is 16.3 Å². The quantitative estimate of drug-likeness (QED) is 0.786. The first-order chi connectivity index (χ1) is 10.4. The molecule has 7 heteroatoms. The summed E-state index contributed by atoms with van der Waals surface area (Å²) in [6.45, 7) is 0.278. The zero-order chi connectivity index (χ0) is 16.0. The molecule has 2 rings (SSSR count). The fraction of sp³-hybridized carbons (Fsp3) is 0.200. The molecule has 0 radical (unpaired) electrons. The van der Waals surface area contributed by atoms with Gasteiger partial charge in [-0.1, -0.05) is 23.7 Å². The molecular weight excluding hydrogens is 329 g/mol. The number of sulfonamides is 1. The molecule has 0 spiro atoms. The predicted molar refractivity (Wildman–Crippen MR) is 84.0 cm³/mol. The third-order valence-electron chi connectivity index (χ3n) is 2.75. The van der Waals surface area contributed by atoms with Gasteiger partial charge in [0.15, 0.2) is 0 Å². The van der Waals surface area contributed by atoms with Gasteiger partial charge in [-0.15, -0.1) is 0 Å². The maximum atomic E-state index is 12.7. The van der Waals surface area contributed by atoms with Gasteiger partial charge in [0.25, 0.3) is 0 Å². The van der Waals surface area contributed by atoms with Crippen molar-refractivity contribution in [1.29, 1.82) is 0 Å². The summed E-state index contributed by atoms with van der Waals surface area (Å²) in [5.74, 6) is -0.0191. The summed E-state index contributed by atoms with van der Waals surface area (Å²) in [7, 11) is -3.46. The SMILES string of the molecule is O=S(=O)(Cc1cccc(Cl)c1)NCCOc1ccc(F)cc1. The summed E-state index contributed by atoms with van der Waals surface area (Å²) in [4.78, 5) is 0. The van der Waals surface area contributed by atoms with Crippen molar-refractivity contribution in [2.45, 2.75) is 5.75 Å². The van der Waals surface area contributed by atoms with E-state index in [1.807, 2.05) is 0 Å². The lowest BCUT2D eigenvalue weighted by atomic mass is 10.2. The van der Waals surface area contributed by atoms with Crippen molar-refractivity contribution in [1.82, 2.24) is 4.72 Å². The summed E-state index contributed by atoms with van der Waals surface area (Å²) < 4.78 is 44.3. The van der Waals surface area contributed by atoms with E-state index in [1.54, 1.807) is 24.3 Å². The largest absolute Gasteiger partial charge is 0.492 e. The number of benzene rings is 2. The molecule has 2 aromatic rings. The Labute approximate surface area is 133 Å². The molecule has 0 amide bonds. The molecule has 0 atom stereocenters. The fourth-order valence-corrected chi connectivity index (χ4v) is 3.12. The maximum Gasteiger partial charge on any atom is 0.215 e. The molecule has 0 fully saturated rings. The van der Waals surface area contributed by atoms with Crippen LogP contribution in [-0.4, -0.2) is 21.6 Å². The molecule has 118 valence electrons. The Morgan fingerprint density at radius 1 is 1.14 bits per heavy atom. The van der Waals surface area contributed by atoms with Crippen LogP contribution >= 0.6 is 11.6 Å². The zero-order valence-corrected chi connectivity index (χ0v) is 13.2. The van der Waals surface area contributed by atoms with Crippen LogP contribution in [0.4, 0.5) is 4.39 Å². The molecule has 0 saturated carbocycles. The lowest BCUT2D eigenvalue weighted by Gasteiger charge is -2.09. The highest BCUT2D eigenvalue weighted by molar-refractivity contribution is 7.88. The molecule has 0 aliphatic rings. The molecule has 0 aliphatic carbocycles. The van der Waals surface area contributed by atoms with E-state index in [0.717, 1.165) is 0 Å². The van der Waals surface area contributed by atoms with Crippen molar-refractivity contribution in [3.8, 4) is 5.75 Å². The van der Waals surface area contributed by atoms with Crippen LogP contribution in [0.1, 0.15) is 5.56 Å². The molecule has 0 unspecified atom stereocenters. The van der Waals surface area contributed by atoms with Gasteiger partial charge in [-0.05, 0) is 42.0 Å². The summed E-state index contributed by atoms with van der Waals surface area (Å²) in [5.41, 5.74) is 0.611. The van der Waals surface area contributed by atoms with E-state index in [9.17, 15) is 12.8 Å². The van der Waals surface area contributed by atoms with Gasteiger partial charge in [0.2, 0.25) is 10.0 Å². The van der Waals surface area contributed by atoms with Crippen LogP contribution in [-0.2, 0) is 15.8 Å². The van der Waals surface area contributed by atoms with Gasteiger partial charge >= 0.3 is 0 Å². The van der Waals surface area contributed by atoms with Crippen molar-refractivity contribution in [3.63, 3.8) is 0 Å². The van der Waals surface area contributed by atoms with E-state index < -0.39 is 10.0 Å². The normalized spacial score (nSPS) is 11.4. The van der Waals surface area contributed by atoms with Gasteiger partial charge in [0.05, 0.1) is 5.75 Å². The van der Waals surface area contributed by atoms with Crippen LogP contribution in [0.25, 0.3) is 0 Å². The van der Waals surface area contributed by atoms with E-state index in [-0.39, 0.29) is 24.7 Å². The molecule has 4 nitrogen and oxygen atoms in total. The van der Waals surface area contributed by atoms with Gasteiger partial charge in [0.1, 0.15) is 18.2 Å². The van der Waals surface area contributed by atoms with Crippen LogP contribution < -0.4 is 9.46 Å². The highest BCUT2D eigenvalue weighted by Gasteiger charge is 2.11. The summed E-state index contributed by atoms with van der Waals surface area (Å²) in [6, 6.07) is 12.2. The molecule has 0 aliphatic heterocycles. The highest BCUT2D eigenvalue weighted by atomic mass is 35.5. The monoisotopic (exact) mass is 343 g/mol. The number of hydrogen-bond acceptors (Lipinski definition) is 3. The fourth-order valence-electron chi connectivity index (χ4n) is 1.79. The van der Waals surface area contributed by atoms with Crippen molar-refractivity contribution in [2.24, 2.45) is 0 Å². The van der Waals surface area contributed by atoms with Gasteiger partial charge < -0.3 is 4.74 Å². The standard InChI is InChI=1S/C15H15ClFNO3S/c16-13-3-1-2-12(10-13)11-22(19,20)18-8-9-21-15-6-4-14(17)5-7-15/h1-7,10,18H,8-9,11H2. The molecule has 0 heterocycles. The molecular formula is C15H15ClFNO3S. The first kappa shape index (κ1) is 16.7. The lowest BCUT2D eigenvalue weighted by Crippen LogP contribution is -2.29. The van der Waals surface area contributed by atoms with Crippen molar-refractivity contribution in [2.75, 3.05) is 13.2 Å². The van der Waals surface area contributed by atoms with Gasteiger partial charge in [-0.25, -0.2) is 17.5 Å². The minimum atomic E-state index is -3.46. The van der Waals surface area contributed by atoms with Crippen LogP contribution in [0, 0.1) is 5.82 Å². The van der Waals surface area contributed by atoms with Gasteiger partial charge in [-0.2, -0.15) is 0 Å². The minimum Gasteiger partial charge on any atom is -0.492 e. The van der Waals surface area contributed by atoms with Gasteiger partial charge in [0, 0.05) is 11.6 Å². The number of nitrogens with one attached hydrogen (secondary N) is 1. The Hall–Kier alpha value is -1.63. The van der Waals surface area contributed by atoms with Crippen LogP contribution in [0.2, 0.25) is 5.02 Å². The van der Waals surface area contributed by atoms with Crippen LogP contribution in [0.5, 0.6) is 5.75 Å². The zero-order valence-electron chi connectivity index (χ0n) is 11.6. The molecule has 0 aromatic heterocycles. The summed E-state index contributed by atoms with van der Waals surface area (Å²) >= 11 is 5.82. The first-order valence-corrected chi connectivity index (χ1v) is 8.58. The molecule has 1 N–H and O–H groups in total. The minimum absolute atomic E-state index is 0.125. The van der Waals surface area contributed by atoms with E-state index >= 15 is 0 Å². The Bertz CT molecular complexity index is 720. The highest BCUT2D eigenvalue weighted by Crippen LogP contribution is 2.13. The van der Waals surface area contributed by atoms with Crippen LogP contribution in [0.15, 0.2) is 48.5 Å².